The Labute approximate surface area is 175 Å². The van der Waals surface area contributed by atoms with Gasteiger partial charge >= 0.3 is 11.8 Å². The van der Waals surface area contributed by atoms with E-state index in [2.05, 4.69) is 15.8 Å². The molecule has 6 nitrogen and oxygen atoms in total. The summed E-state index contributed by atoms with van der Waals surface area (Å²) in [5, 5.41) is 6.50. The molecule has 152 valence electrons. The maximum absolute atomic E-state index is 12.0. The van der Waals surface area contributed by atoms with Crippen molar-refractivity contribution in [3.63, 3.8) is 0 Å². The lowest BCUT2D eigenvalue weighted by Gasteiger charge is -2.13. The molecule has 2 amide bonds. The third-order valence-corrected chi connectivity index (χ3v) is 4.34. The maximum Gasteiger partial charge on any atom is 0.329 e. The first kappa shape index (κ1) is 20.8. The van der Waals surface area contributed by atoms with Crippen LogP contribution in [0.4, 0.5) is 0 Å². The third-order valence-electron chi connectivity index (χ3n) is 4.34. The minimum atomic E-state index is -0.828. The van der Waals surface area contributed by atoms with Gasteiger partial charge in [-0.2, -0.15) is 5.10 Å². The average Bonchev–Trinajstić information content (AvgIpc) is 2.79. The molecule has 0 unspecified atom stereocenters. The van der Waals surface area contributed by atoms with E-state index in [1.165, 1.54) is 6.21 Å². The topological polar surface area (TPSA) is 79.8 Å². The first-order valence-corrected chi connectivity index (χ1v) is 9.57. The third kappa shape index (κ3) is 6.31. The lowest BCUT2D eigenvalue weighted by Crippen LogP contribution is -2.39. The summed E-state index contributed by atoms with van der Waals surface area (Å²) in [6.45, 7) is 2.27. The van der Waals surface area contributed by atoms with E-state index in [1.54, 1.807) is 6.07 Å². The highest BCUT2D eigenvalue weighted by atomic mass is 16.5. The highest BCUT2D eigenvalue weighted by Crippen LogP contribution is 2.14. The summed E-state index contributed by atoms with van der Waals surface area (Å²) >= 11 is 0. The van der Waals surface area contributed by atoms with Crippen LogP contribution in [-0.2, 0) is 16.2 Å². The predicted octanol–water partition coefficient (Wildman–Crippen LogP) is 3.59. The van der Waals surface area contributed by atoms with Gasteiger partial charge in [0.05, 0.1) is 12.3 Å². The highest BCUT2D eigenvalue weighted by Gasteiger charge is 2.16. The average molecular weight is 401 g/mol. The van der Waals surface area contributed by atoms with Crippen LogP contribution in [0, 0.1) is 0 Å². The lowest BCUT2D eigenvalue weighted by molar-refractivity contribution is -0.139. The van der Waals surface area contributed by atoms with Crippen LogP contribution in [0.5, 0.6) is 5.75 Å². The van der Waals surface area contributed by atoms with Crippen molar-refractivity contribution in [1.82, 2.24) is 10.7 Å². The summed E-state index contributed by atoms with van der Waals surface area (Å²) in [7, 11) is 0. The molecule has 30 heavy (non-hydrogen) atoms. The number of amides is 2. The molecular weight excluding hydrogens is 378 g/mol. The van der Waals surface area contributed by atoms with Gasteiger partial charge in [-0.1, -0.05) is 72.8 Å². The Bertz CT molecular complexity index is 1000. The SMILES string of the molecule is C[C@H](NC(=O)C(=O)N/N=C\c1cccc(OCc2ccccc2)c1)c1ccccc1. The number of carbonyl (C=O) groups is 2. The van der Waals surface area contributed by atoms with Crippen LogP contribution in [0.1, 0.15) is 29.7 Å². The molecule has 0 aliphatic carbocycles. The predicted molar refractivity (Wildman–Crippen MR) is 116 cm³/mol. The molecule has 0 heterocycles. The molecule has 0 saturated heterocycles. The van der Waals surface area contributed by atoms with Gasteiger partial charge in [-0.15, -0.1) is 0 Å². The van der Waals surface area contributed by atoms with Crippen molar-refractivity contribution >= 4 is 18.0 Å². The van der Waals surface area contributed by atoms with Crippen molar-refractivity contribution < 1.29 is 14.3 Å². The van der Waals surface area contributed by atoms with E-state index in [-0.39, 0.29) is 6.04 Å². The van der Waals surface area contributed by atoms with Crippen LogP contribution in [0.2, 0.25) is 0 Å². The van der Waals surface area contributed by atoms with E-state index >= 15 is 0 Å². The molecule has 0 radical (unpaired) electrons. The number of benzene rings is 3. The second-order valence-electron chi connectivity index (χ2n) is 6.65. The molecule has 0 fully saturated rings. The standard InChI is InChI=1S/C24H23N3O3/c1-18(21-12-6-3-7-13-21)26-23(28)24(29)27-25-16-20-11-8-14-22(15-20)30-17-19-9-4-2-5-10-19/h2-16,18H,17H2,1H3,(H,26,28)(H,27,29)/b25-16-/t18-/m0/s1. The van der Waals surface area contributed by atoms with E-state index in [0.29, 0.717) is 12.4 Å². The molecule has 1 atom stereocenters. The summed E-state index contributed by atoms with van der Waals surface area (Å²) in [5.74, 6) is -0.891. The summed E-state index contributed by atoms with van der Waals surface area (Å²) in [4.78, 5) is 24.0. The molecule has 2 N–H and O–H groups in total. The number of nitrogens with zero attached hydrogens (tertiary/aromatic N) is 1. The van der Waals surface area contributed by atoms with Crippen LogP contribution in [-0.4, -0.2) is 18.0 Å². The Morgan fingerprint density at radius 1 is 0.933 bits per heavy atom. The fourth-order valence-electron chi connectivity index (χ4n) is 2.73. The minimum absolute atomic E-state index is 0.285. The van der Waals surface area contributed by atoms with Crippen LogP contribution in [0.15, 0.2) is 90.0 Å². The summed E-state index contributed by atoms with van der Waals surface area (Å²) in [5.41, 5.74) is 4.96. The molecule has 3 aromatic carbocycles. The molecule has 0 aliphatic heterocycles. The van der Waals surface area contributed by atoms with E-state index in [9.17, 15) is 9.59 Å². The highest BCUT2D eigenvalue weighted by molar-refractivity contribution is 6.35. The normalized spacial score (nSPS) is 11.6. The number of hydrogen-bond donors (Lipinski definition) is 2. The van der Waals surface area contributed by atoms with Gasteiger partial charge in [-0.05, 0) is 35.7 Å². The smallest absolute Gasteiger partial charge is 0.329 e. The van der Waals surface area contributed by atoms with Crippen molar-refractivity contribution in [2.24, 2.45) is 5.10 Å². The molecular formula is C24H23N3O3. The lowest BCUT2D eigenvalue weighted by atomic mass is 10.1. The van der Waals surface area contributed by atoms with E-state index < -0.39 is 11.8 Å². The number of hydrazone groups is 1. The van der Waals surface area contributed by atoms with Crippen molar-refractivity contribution in [3.8, 4) is 5.75 Å². The molecule has 0 bridgehead atoms. The maximum atomic E-state index is 12.0. The fraction of sp³-hybridized carbons (Fsp3) is 0.125. The summed E-state index contributed by atoms with van der Waals surface area (Å²) in [6.07, 6.45) is 1.46. The van der Waals surface area contributed by atoms with Gasteiger partial charge in [0.1, 0.15) is 12.4 Å². The monoisotopic (exact) mass is 401 g/mol. The Hall–Kier alpha value is -3.93. The molecule has 0 aromatic heterocycles. The molecule has 6 heteroatoms. The number of carbonyl (C=O) groups excluding carboxylic acids is 2. The molecule has 3 aromatic rings. The number of rotatable bonds is 7. The molecule has 0 spiro atoms. The van der Waals surface area contributed by atoms with E-state index in [0.717, 1.165) is 16.7 Å². The largest absolute Gasteiger partial charge is 0.489 e. The first-order valence-electron chi connectivity index (χ1n) is 9.57. The fourth-order valence-corrected chi connectivity index (χ4v) is 2.73. The number of ether oxygens (including phenoxy) is 1. The van der Waals surface area contributed by atoms with Gasteiger partial charge in [-0.3, -0.25) is 9.59 Å². The quantitative estimate of drug-likeness (QED) is 0.361. The summed E-state index contributed by atoms with van der Waals surface area (Å²) in [6, 6.07) is 26.3. The van der Waals surface area contributed by atoms with Crippen molar-refractivity contribution in [2.75, 3.05) is 0 Å². The minimum Gasteiger partial charge on any atom is -0.489 e. The van der Waals surface area contributed by atoms with Crippen LogP contribution >= 0.6 is 0 Å². The summed E-state index contributed by atoms with van der Waals surface area (Å²) < 4.78 is 5.77. The Morgan fingerprint density at radius 2 is 1.63 bits per heavy atom. The van der Waals surface area contributed by atoms with Gasteiger partial charge in [0.25, 0.3) is 0 Å². The van der Waals surface area contributed by atoms with Gasteiger partial charge in [0, 0.05) is 0 Å². The van der Waals surface area contributed by atoms with Crippen molar-refractivity contribution in [3.05, 3.63) is 102 Å². The number of hydrogen-bond acceptors (Lipinski definition) is 4. The van der Waals surface area contributed by atoms with Gasteiger partial charge in [-0.25, -0.2) is 5.43 Å². The molecule has 0 aliphatic rings. The zero-order valence-electron chi connectivity index (χ0n) is 16.6. The van der Waals surface area contributed by atoms with Gasteiger partial charge in [0.2, 0.25) is 0 Å². The van der Waals surface area contributed by atoms with Crippen molar-refractivity contribution in [1.29, 1.82) is 0 Å². The van der Waals surface area contributed by atoms with E-state index in [4.69, 9.17) is 4.74 Å². The van der Waals surface area contributed by atoms with Crippen LogP contribution < -0.4 is 15.5 Å². The van der Waals surface area contributed by atoms with Gasteiger partial charge < -0.3 is 10.1 Å². The Kier molecular flexibility index (Phi) is 7.33. The first-order chi connectivity index (χ1) is 14.6. The second-order valence-corrected chi connectivity index (χ2v) is 6.65. The van der Waals surface area contributed by atoms with Gasteiger partial charge in [0.15, 0.2) is 0 Å². The molecule has 3 rings (SSSR count). The van der Waals surface area contributed by atoms with Crippen LogP contribution in [0.25, 0.3) is 0 Å². The zero-order chi connectivity index (χ0) is 21.2. The molecule has 0 saturated carbocycles. The number of nitrogens with one attached hydrogen (secondary N) is 2. The Morgan fingerprint density at radius 3 is 2.37 bits per heavy atom. The van der Waals surface area contributed by atoms with Crippen LogP contribution in [0.3, 0.4) is 0 Å². The van der Waals surface area contributed by atoms with Crippen molar-refractivity contribution in [2.45, 2.75) is 19.6 Å². The Balaban J connectivity index is 1.49. The second kappa shape index (κ2) is 10.6. The van der Waals surface area contributed by atoms with E-state index in [1.807, 2.05) is 85.8 Å². The zero-order valence-corrected chi connectivity index (χ0v) is 16.6.